The summed E-state index contributed by atoms with van der Waals surface area (Å²) in [7, 11) is 0. The molecule has 0 spiro atoms. The Morgan fingerprint density at radius 2 is 2.35 bits per heavy atom. The Kier molecular flexibility index (Phi) is 3.89. The summed E-state index contributed by atoms with van der Waals surface area (Å²) in [6, 6.07) is 2.42. The van der Waals surface area contributed by atoms with Crippen LogP contribution in [-0.4, -0.2) is 24.5 Å². The van der Waals surface area contributed by atoms with Crippen LogP contribution in [0.4, 0.5) is 0 Å². The lowest BCUT2D eigenvalue weighted by Gasteiger charge is -2.25. The number of esters is 1. The van der Waals surface area contributed by atoms with Gasteiger partial charge >= 0.3 is 12.0 Å². The van der Waals surface area contributed by atoms with E-state index in [0.717, 1.165) is 0 Å². The molecule has 6 heteroatoms. The van der Waals surface area contributed by atoms with Gasteiger partial charge in [0, 0.05) is 0 Å². The van der Waals surface area contributed by atoms with Crippen LogP contribution in [0.3, 0.4) is 0 Å². The van der Waals surface area contributed by atoms with Gasteiger partial charge < -0.3 is 18.7 Å². The fraction of sp³-hybridized carbons (Fsp3) is 0.357. The fourth-order valence-electron chi connectivity index (χ4n) is 2.19. The standard InChI is InChI=1S/C14H14N2O4/c1-4-18-14(17)10-8(2)20-13(15)12(16-3)11(10)9-6-5-7-19-9/h5-7,11-12,15H,4H2,1-2H3. The molecule has 1 aromatic rings. The minimum Gasteiger partial charge on any atom is -0.468 e. The number of hydrogen-bond donors (Lipinski definition) is 1. The van der Waals surface area contributed by atoms with Crippen molar-refractivity contribution in [2.24, 2.45) is 0 Å². The normalized spacial score (nSPS) is 22.1. The molecule has 0 aromatic carbocycles. The number of furan rings is 1. The van der Waals surface area contributed by atoms with Crippen LogP contribution in [0, 0.1) is 12.0 Å². The number of carbonyl (C=O) groups excluding carboxylic acids is 1. The Morgan fingerprint density at radius 1 is 1.60 bits per heavy atom. The number of ether oxygens (including phenoxy) is 2. The molecule has 2 unspecified atom stereocenters. The third-order valence-electron chi connectivity index (χ3n) is 3.02. The second-order valence-corrected chi connectivity index (χ2v) is 4.22. The molecule has 1 aliphatic heterocycles. The quantitative estimate of drug-likeness (QED) is 0.678. The Bertz CT molecular complexity index is 595. The van der Waals surface area contributed by atoms with Crippen molar-refractivity contribution in [2.75, 3.05) is 6.61 Å². The topological polar surface area (TPSA) is 76.9 Å². The molecule has 1 aliphatic rings. The van der Waals surface area contributed by atoms with E-state index >= 15 is 0 Å². The Hall–Kier alpha value is -2.55. The van der Waals surface area contributed by atoms with Crippen LogP contribution in [0.1, 0.15) is 25.5 Å². The van der Waals surface area contributed by atoms with Crippen LogP contribution < -0.4 is 0 Å². The van der Waals surface area contributed by atoms with E-state index in [-0.39, 0.29) is 23.8 Å². The number of rotatable bonds is 3. The van der Waals surface area contributed by atoms with E-state index < -0.39 is 17.9 Å². The first-order chi connectivity index (χ1) is 9.60. The fourth-order valence-corrected chi connectivity index (χ4v) is 2.19. The summed E-state index contributed by atoms with van der Waals surface area (Å²) in [4.78, 5) is 15.5. The van der Waals surface area contributed by atoms with E-state index in [1.807, 2.05) is 0 Å². The van der Waals surface area contributed by atoms with Crippen molar-refractivity contribution in [3.63, 3.8) is 0 Å². The molecule has 2 heterocycles. The molecular weight excluding hydrogens is 260 g/mol. The van der Waals surface area contributed by atoms with Crippen molar-refractivity contribution in [1.29, 1.82) is 5.41 Å². The molecule has 0 fully saturated rings. The molecule has 0 aliphatic carbocycles. The van der Waals surface area contributed by atoms with Crippen LogP contribution >= 0.6 is 0 Å². The highest BCUT2D eigenvalue weighted by Crippen LogP contribution is 2.37. The van der Waals surface area contributed by atoms with Crippen LogP contribution in [0.2, 0.25) is 0 Å². The van der Waals surface area contributed by atoms with Gasteiger partial charge in [-0.1, -0.05) is 0 Å². The monoisotopic (exact) mass is 274 g/mol. The Balaban J connectivity index is 2.53. The zero-order valence-corrected chi connectivity index (χ0v) is 11.2. The van der Waals surface area contributed by atoms with Crippen molar-refractivity contribution >= 4 is 11.9 Å². The molecule has 0 amide bonds. The van der Waals surface area contributed by atoms with Gasteiger partial charge in [0.05, 0.1) is 18.4 Å². The maximum atomic E-state index is 12.1. The van der Waals surface area contributed by atoms with Gasteiger partial charge in [0.15, 0.2) is 0 Å². The number of nitrogens with one attached hydrogen (secondary N) is 1. The third kappa shape index (κ3) is 2.30. The van der Waals surface area contributed by atoms with Crippen molar-refractivity contribution in [3.05, 3.63) is 46.9 Å². The largest absolute Gasteiger partial charge is 0.468 e. The minimum atomic E-state index is -0.927. The van der Waals surface area contributed by atoms with E-state index in [1.165, 1.54) is 6.26 Å². The van der Waals surface area contributed by atoms with E-state index in [0.29, 0.717) is 5.76 Å². The molecule has 1 N–H and O–H groups in total. The zero-order valence-electron chi connectivity index (χ0n) is 11.2. The smallest absolute Gasteiger partial charge is 0.338 e. The SMILES string of the molecule is [C-]#[N+]C1C(=N)OC(C)=C(C(=O)OCC)C1c1ccco1. The third-order valence-corrected chi connectivity index (χ3v) is 3.02. The van der Waals surface area contributed by atoms with E-state index in [9.17, 15) is 4.79 Å². The summed E-state index contributed by atoms with van der Waals surface area (Å²) in [6.45, 7) is 10.8. The van der Waals surface area contributed by atoms with Crippen molar-refractivity contribution < 1.29 is 18.7 Å². The lowest BCUT2D eigenvalue weighted by Crippen LogP contribution is -2.35. The predicted molar refractivity (Wildman–Crippen MR) is 70.0 cm³/mol. The highest BCUT2D eigenvalue weighted by atomic mass is 16.5. The summed E-state index contributed by atoms with van der Waals surface area (Å²) in [5.41, 5.74) is 0.235. The van der Waals surface area contributed by atoms with Gasteiger partial charge in [0.2, 0.25) is 0 Å². The molecule has 0 bridgehead atoms. The molecular formula is C14H14N2O4. The molecule has 0 saturated carbocycles. The van der Waals surface area contributed by atoms with Crippen LogP contribution in [0.5, 0.6) is 0 Å². The average molecular weight is 274 g/mol. The first-order valence-electron chi connectivity index (χ1n) is 6.14. The molecule has 0 radical (unpaired) electrons. The van der Waals surface area contributed by atoms with Gasteiger partial charge in [-0.3, -0.25) is 5.41 Å². The van der Waals surface area contributed by atoms with Crippen molar-refractivity contribution in [1.82, 2.24) is 0 Å². The molecule has 1 aromatic heterocycles. The molecule has 2 atom stereocenters. The molecule has 104 valence electrons. The summed E-state index contributed by atoms with van der Waals surface area (Å²) >= 11 is 0. The summed E-state index contributed by atoms with van der Waals surface area (Å²) < 4.78 is 15.5. The van der Waals surface area contributed by atoms with Crippen molar-refractivity contribution in [3.8, 4) is 0 Å². The minimum absolute atomic E-state index is 0.188. The summed E-state index contributed by atoms with van der Waals surface area (Å²) in [5.74, 6) is -0.696. The highest BCUT2D eigenvalue weighted by molar-refractivity contribution is 5.96. The van der Waals surface area contributed by atoms with Crippen LogP contribution in [0.15, 0.2) is 34.1 Å². The van der Waals surface area contributed by atoms with Crippen molar-refractivity contribution in [2.45, 2.75) is 25.8 Å². The number of nitrogens with zero attached hydrogens (tertiary/aromatic N) is 1. The van der Waals surface area contributed by atoms with Gasteiger partial charge in [0.1, 0.15) is 17.4 Å². The van der Waals surface area contributed by atoms with Gasteiger partial charge in [-0.15, -0.1) is 0 Å². The van der Waals surface area contributed by atoms with Crippen LogP contribution in [-0.2, 0) is 14.3 Å². The lowest BCUT2D eigenvalue weighted by atomic mass is 9.86. The van der Waals surface area contributed by atoms with E-state index in [2.05, 4.69) is 4.85 Å². The van der Waals surface area contributed by atoms with Gasteiger partial charge in [-0.25, -0.2) is 11.4 Å². The number of carbonyl (C=O) groups is 1. The van der Waals surface area contributed by atoms with E-state index in [4.69, 9.17) is 25.9 Å². The second-order valence-electron chi connectivity index (χ2n) is 4.22. The molecule has 20 heavy (non-hydrogen) atoms. The van der Waals surface area contributed by atoms with Gasteiger partial charge in [-0.2, -0.15) is 0 Å². The number of allylic oxidation sites excluding steroid dienone is 1. The van der Waals surface area contributed by atoms with Gasteiger partial charge in [-0.05, 0) is 26.0 Å². The molecule has 0 saturated heterocycles. The zero-order chi connectivity index (χ0) is 14.7. The maximum absolute atomic E-state index is 12.1. The number of hydrogen-bond acceptors (Lipinski definition) is 5. The lowest BCUT2D eigenvalue weighted by molar-refractivity contribution is -0.139. The maximum Gasteiger partial charge on any atom is 0.338 e. The summed E-state index contributed by atoms with van der Waals surface area (Å²) in [5, 5.41) is 7.78. The Labute approximate surface area is 116 Å². The van der Waals surface area contributed by atoms with E-state index in [1.54, 1.807) is 26.0 Å². The predicted octanol–water partition coefficient (Wildman–Crippen LogP) is 2.50. The highest BCUT2D eigenvalue weighted by Gasteiger charge is 2.46. The Morgan fingerprint density at radius 3 is 2.90 bits per heavy atom. The first-order valence-corrected chi connectivity index (χ1v) is 6.14. The van der Waals surface area contributed by atoms with Crippen LogP contribution in [0.25, 0.3) is 4.85 Å². The average Bonchev–Trinajstić information content (AvgIpc) is 2.91. The first kappa shape index (κ1) is 13.9. The molecule has 2 rings (SSSR count). The van der Waals surface area contributed by atoms with Gasteiger partial charge in [0.25, 0.3) is 5.90 Å². The summed E-state index contributed by atoms with van der Waals surface area (Å²) in [6.07, 6.45) is 1.47. The second kappa shape index (κ2) is 5.61. The molecule has 6 nitrogen and oxygen atoms in total.